The van der Waals surface area contributed by atoms with Gasteiger partial charge in [0, 0.05) is 5.56 Å². The van der Waals surface area contributed by atoms with Crippen LogP contribution in [0.25, 0.3) is 0 Å². The maximum absolute atomic E-state index is 11.5. The van der Waals surface area contributed by atoms with Gasteiger partial charge in [-0.2, -0.15) is 0 Å². The molecule has 0 spiro atoms. The van der Waals surface area contributed by atoms with Gasteiger partial charge in [-0.1, -0.05) is 25.1 Å². The first-order valence-corrected chi connectivity index (χ1v) is 5.26. The average Bonchev–Trinajstić information content (AvgIpc) is 2.67. The van der Waals surface area contributed by atoms with Crippen LogP contribution in [0.2, 0.25) is 0 Å². The number of hydrogen-bond donors (Lipinski definition) is 2. The summed E-state index contributed by atoms with van der Waals surface area (Å²) in [7, 11) is 0. The molecule has 0 amide bonds. The Morgan fingerprint density at radius 3 is 2.71 bits per heavy atom. The molecular formula is C12H12O5. The maximum atomic E-state index is 11.5. The van der Waals surface area contributed by atoms with Gasteiger partial charge in [0.05, 0.1) is 5.56 Å². The lowest BCUT2D eigenvalue weighted by Crippen LogP contribution is -2.44. The zero-order valence-electron chi connectivity index (χ0n) is 9.21. The molecule has 0 aromatic heterocycles. The number of fused-ring (bicyclic) bond motifs is 1. The van der Waals surface area contributed by atoms with Crippen LogP contribution < -0.4 is 0 Å². The summed E-state index contributed by atoms with van der Waals surface area (Å²) in [4.78, 5) is 22.6. The molecule has 90 valence electrons. The lowest BCUT2D eigenvalue weighted by molar-refractivity contribution is -0.172. The fraction of sp³-hybridized carbons (Fsp3) is 0.333. The Balaban J connectivity index is 2.50. The van der Waals surface area contributed by atoms with Gasteiger partial charge in [-0.3, -0.25) is 0 Å². The Morgan fingerprint density at radius 1 is 1.47 bits per heavy atom. The molecule has 17 heavy (non-hydrogen) atoms. The monoisotopic (exact) mass is 236 g/mol. The molecule has 0 saturated carbocycles. The smallest absolute Gasteiger partial charge is 0.340 e. The van der Waals surface area contributed by atoms with E-state index < -0.39 is 23.6 Å². The first-order chi connectivity index (χ1) is 8.00. The summed E-state index contributed by atoms with van der Waals surface area (Å²) in [5.41, 5.74) is -1.35. The average molecular weight is 236 g/mol. The number of aliphatic hydroxyl groups is 1. The molecular weight excluding hydrogens is 224 g/mol. The first kappa shape index (κ1) is 11.6. The minimum Gasteiger partial charge on any atom is -0.479 e. The van der Waals surface area contributed by atoms with Crippen LogP contribution in [0, 0.1) is 0 Å². The molecule has 2 N–H and O–H groups in total. The predicted octanol–water partition coefficient (Wildman–Crippen LogP) is 1.12. The highest BCUT2D eigenvalue weighted by atomic mass is 16.6. The fourth-order valence-electron chi connectivity index (χ4n) is 1.95. The maximum Gasteiger partial charge on any atom is 0.340 e. The zero-order chi connectivity index (χ0) is 12.6. The van der Waals surface area contributed by atoms with Crippen LogP contribution in [0.15, 0.2) is 24.3 Å². The molecule has 0 fully saturated rings. The summed E-state index contributed by atoms with van der Waals surface area (Å²) in [5, 5.41) is 19.1. The summed E-state index contributed by atoms with van der Waals surface area (Å²) in [6.45, 7) is 1.53. The molecule has 0 unspecified atom stereocenters. The van der Waals surface area contributed by atoms with Gasteiger partial charge in [-0.05, 0) is 12.5 Å². The largest absolute Gasteiger partial charge is 0.479 e. The van der Waals surface area contributed by atoms with Gasteiger partial charge in [0.25, 0.3) is 0 Å². The summed E-state index contributed by atoms with van der Waals surface area (Å²) in [6, 6.07) is 6.48. The standard InChI is InChI=1S/C12H12O5/c1-2-12(16,11(14)15)9-7-5-3-4-6-8(7)10(13)17-9/h3-6,9,16H,2H2,1H3,(H,14,15)/t9-,12+/m1/s1. The molecule has 1 aliphatic heterocycles. The fourth-order valence-corrected chi connectivity index (χ4v) is 1.95. The quantitative estimate of drug-likeness (QED) is 0.768. The van der Waals surface area contributed by atoms with E-state index in [1.54, 1.807) is 24.3 Å². The highest BCUT2D eigenvalue weighted by Gasteiger charge is 2.50. The second kappa shape index (κ2) is 3.85. The van der Waals surface area contributed by atoms with Crippen molar-refractivity contribution in [3.63, 3.8) is 0 Å². The number of carbonyl (C=O) groups excluding carboxylic acids is 1. The predicted molar refractivity (Wildman–Crippen MR) is 57.5 cm³/mol. The van der Waals surface area contributed by atoms with E-state index in [1.807, 2.05) is 0 Å². The Morgan fingerprint density at radius 2 is 2.12 bits per heavy atom. The van der Waals surface area contributed by atoms with Crippen LogP contribution in [-0.4, -0.2) is 27.8 Å². The van der Waals surface area contributed by atoms with E-state index >= 15 is 0 Å². The number of cyclic esters (lactones) is 1. The van der Waals surface area contributed by atoms with E-state index in [0.717, 1.165) is 0 Å². The molecule has 2 rings (SSSR count). The van der Waals surface area contributed by atoms with Crippen molar-refractivity contribution in [1.29, 1.82) is 0 Å². The lowest BCUT2D eigenvalue weighted by Gasteiger charge is -2.27. The third-order valence-corrected chi connectivity index (χ3v) is 3.03. The Hall–Kier alpha value is -1.88. The molecule has 5 heteroatoms. The van der Waals surface area contributed by atoms with Gasteiger partial charge in [0.15, 0.2) is 6.10 Å². The van der Waals surface area contributed by atoms with E-state index in [0.29, 0.717) is 11.1 Å². The van der Waals surface area contributed by atoms with Gasteiger partial charge in [0.1, 0.15) is 0 Å². The van der Waals surface area contributed by atoms with Crippen molar-refractivity contribution in [3.8, 4) is 0 Å². The number of carboxylic acid groups (broad SMARTS) is 1. The minimum atomic E-state index is -2.08. The molecule has 2 atom stereocenters. The number of aliphatic carboxylic acids is 1. The number of benzene rings is 1. The van der Waals surface area contributed by atoms with Crippen molar-refractivity contribution in [2.24, 2.45) is 0 Å². The van der Waals surface area contributed by atoms with Crippen LogP contribution >= 0.6 is 0 Å². The lowest BCUT2D eigenvalue weighted by atomic mass is 9.88. The van der Waals surface area contributed by atoms with Gasteiger partial charge in [-0.15, -0.1) is 0 Å². The zero-order valence-corrected chi connectivity index (χ0v) is 9.21. The Labute approximate surface area is 97.6 Å². The van der Waals surface area contributed by atoms with E-state index in [2.05, 4.69) is 0 Å². The molecule has 1 aromatic rings. The number of carbonyl (C=O) groups is 2. The second-order valence-electron chi connectivity index (χ2n) is 3.96. The topological polar surface area (TPSA) is 83.8 Å². The molecule has 0 saturated heterocycles. The third kappa shape index (κ3) is 1.59. The van der Waals surface area contributed by atoms with Crippen molar-refractivity contribution < 1.29 is 24.5 Å². The molecule has 1 aromatic carbocycles. The summed E-state index contributed by atoms with van der Waals surface area (Å²) < 4.78 is 4.98. The molecule has 1 aliphatic rings. The number of esters is 1. The summed E-state index contributed by atoms with van der Waals surface area (Å²) >= 11 is 0. The molecule has 0 bridgehead atoms. The van der Waals surface area contributed by atoms with E-state index in [9.17, 15) is 14.7 Å². The van der Waals surface area contributed by atoms with Gasteiger partial charge in [0.2, 0.25) is 5.60 Å². The van der Waals surface area contributed by atoms with Crippen LogP contribution in [0.5, 0.6) is 0 Å². The van der Waals surface area contributed by atoms with Crippen molar-refractivity contribution in [1.82, 2.24) is 0 Å². The van der Waals surface area contributed by atoms with E-state index in [4.69, 9.17) is 9.84 Å². The molecule has 1 heterocycles. The number of ether oxygens (including phenoxy) is 1. The van der Waals surface area contributed by atoms with Crippen molar-refractivity contribution >= 4 is 11.9 Å². The van der Waals surface area contributed by atoms with Gasteiger partial charge in [-0.25, -0.2) is 9.59 Å². The third-order valence-electron chi connectivity index (χ3n) is 3.03. The SMILES string of the molecule is CC[C@@](O)(C(=O)O)[C@@H]1OC(=O)c2ccccc21. The Bertz CT molecular complexity index is 482. The highest BCUT2D eigenvalue weighted by Crippen LogP contribution is 2.39. The molecule has 0 aliphatic carbocycles. The Kier molecular flexibility index (Phi) is 2.63. The first-order valence-electron chi connectivity index (χ1n) is 5.26. The second-order valence-corrected chi connectivity index (χ2v) is 3.96. The van der Waals surface area contributed by atoms with E-state index in [-0.39, 0.29) is 6.42 Å². The summed E-state index contributed by atoms with van der Waals surface area (Å²) in [5.74, 6) is -1.99. The van der Waals surface area contributed by atoms with Crippen LogP contribution in [0.1, 0.15) is 35.4 Å². The van der Waals surface area contributed by atoms with E-state index in [1.165, 1.54) is 6.92 Å². The number of carboxylic acids is 1. The van der Waals surface area contributed by atoms with Gasteiger partial charge >= 0.3 is 11.9 Å². The van der Waals surface area contributed by atoms with Crippen LogP contribution in [0.3, 0.4) is 0 Å². The van der Waals surface area contributed by atoms with Crippen molar-refractivity contribution in [2.45, 2.75) is 25.0 Å². The van der Waals surface area contributed by atoms with Gasteiger partial charge < -0.3 is 14.9 Å². The van der Waals surface area contributed by atoms with Crippen LogP contribution in [-0.2, 0) is 9.53 Å². The number of hydrogen-bond acceptors (Lipinski definition) is 4. The van der Waals surface area contributed by atoms with Crippen LogP contribution in [0.4, 0.5) is 0 Å². The molecule has 5 nitrogen and oxygen atoms in total. The molecule has 0 radical (unpaired) electrons. The highest BCUT2D eigenvalue weighted by molar-refractivity contribution is 5.95. The normalized spacial score (nSPS) is 21.5. The number of rotatable bonds is 3. The summed E-state index contributed by atoms with van der Waals surface area (Å²) in [6.07, 6.45) is -1.19. The minimum absolute atomic E-state index is 0.0470. The van der Waals surface area contributed by atoms with Crippen molar-refractivity contribution in [2.75, 3.05) is 0 Å². The van der Waals surface area contributed by atoms with Crippen molar-refractivity contribution in [3.05, 3.63) is 35.4 Å².